The number of nitrogens with two attached hydrogens (primary N) is 1. The minimum Gasteiger partial charge on any atom is -0.461 e. The average molecular weight is 167 g/mol. The molecule has 12 heavy (non-hydrogen) atoms. The second-order valence-corrected chi connectivity index (χ2v) is 2.75. The highest BCUT2D eigenvalue weighted by Gasteiger charge is 2.10. The molecular weight excluding hydrogens is 154 g/mol. The molecule has 1 heterocycles. The summed E-state index contributed by atoms with van der Waals surface area (Å²) in [5.74, 6) is 0.520. The van der Waals surface area contributed by atoms with Crippen molar-refractivity contribution >= 4 is 5.78 Å². The largest absolute Gasteiger partial charge is 0.461 e. The SMILES string of the molecule is Cc1ccoc1C(=O)CCCN. The Kier molecular flexibility index (Phi) is 3.05. The summed E-state index contributed by atoms with van der Waals surface area (Å²) in [7, 11) is 0. The van der Waals surface area contributed by atoms with E-state index in [4.69, 9.17) is 10.2 Å². The monoisotopic (exact) mass is 167 g/mol. The Morgan fingerprint density at radius 3 is 2.92 bits per heavy atom. The third kappa shape index (κ3) is 1.95. The first-order valence-corrected chi connectivity index (χ1v) is 4.03. The topological polar surface area (TPSA) is 56.2 Å². The summed E-state index contributed by atoms with van der Waals surface area (Å²) in [5.41, 5.74) is 6.19. The van der Waals surface area contributed by atoms with Crippen LogP contribution in [0.1, 0.15) is 29.0 Å². The molecule has 3 nitrogen and oxygen atoms in total. The van der Waals surface area contributed by atoms with Gasteiger partial charge in [-0.15, -0.1) is 0 Å². The van der Waals surface area contributed by atoms with Crippen molar-refractivity contribution in [2.45, 2.75) is 19.8 Å². The maximum Gasteiger partial charge on any atom is 0.198 e. The number of furan rings is 1. The van der Waals surface area contributed by atoms with Crippen LogP contribution in [-0.2, 0) is 0 Å². The summed E-state index contributed by atoms with van der Waals surface area (Å²) in [5, 5.41) is 0. The predicted octanol–water partition coefficient (Wildman–Crippen LogP) is 1.51. The Labute approximate surface area is 71.6 Å². The Balaban J connectivity index is 2.59. The summed E-state index contributed by atoms with van der Waals surface area (Å²) < 4.78 is 5.03. The smallest absolute Gasteiger partial charge is 0.198 e. The van der Waals surface area contributed by atoms with Crippen molar-refractivity contribution in [3.63, 3.8) is 0 Å². The van der Waals surface area contributed by atoms with Crippen molar-refractivity contribution in [2.24, 2.45) is 5.73 Å². The number of hydrogen-bond donors (Lipinski definition) is 1. The van der Waals surface area contributed by atoms with Crippen LogP contribution in [0.3, 0.4) is 0 Å². The summed E-state index contributed by atoms with van der Waals surface area (Å²) in [4.78, 5) is 11.3. The molecule has 0 amide bonds. The Morgan fingerprint density at radius 1 is 1.67 bits per heavy atom. The molecule has 0 atom stereocenters. The summed E-state index contributed by atoms with van der Waals surface area (Å²) in [6.07, 6.45) is 2.73. The number of carbonyl (C=O) groups is 1. The lowest BCUT2D eigenvalue weighted by molar-refractivity contribution is 0.0953. The van der Waals surface area contributed by atoms with Gasteiger partial charge in [0.1, 0.15) is 0 Å². The zero-order valence-electron chi connectivity index (χ0n) is 7.17. The van der Waals surface area contributed by atoms with Crippen molar-refractivity contribution in [1.29, 1.82) is 0 Å². The zero-order chi connectivity index (χ0) is 8.97. The van der Waals surface area contributed by atoms with Crippen LogP contribution in [0.2, 0.25) is 0 Å². The van der Waals surface area contributed by atoms with Gasteiger partial charge in [-0.1, -0.05) is 0 Å². The van der Waals surface area contributed by atoms with E-state index >= 15 is 0 Å². The van der Waals surface area contributed by atoms with Crippen LogP contribution in [0.15, 0.2) is 16.7 Å². The van der Waals surface area contributed by atoms with Crippen molar-refractivity contribution in [1.82, 2.24) is 0 Å². The van der Waals surface area contributed by atoms with Crippen LogP contribution in [0.25, 0.3) is 0 Å². The second kappa shape index (κ2) is 4.07. The molecule has 0 aliphatic heterocycles. The second-order valence-electron chi connectivity index (χ2n) is 2.75. The highest BCUT2D eigenvalue weighted by Crippen LogP contribution is 2.11. The van der Waals surface area contributed by atoms with E-state index in [9.17, 15) is 4.79 Å². The quantitative estimate of drug-likeness (QED) is 0.691. The van der Waals surface area contributed by atoms with E-state index in [1.807, 2.05) is 6.92 Å². The molecule has 0 aliphatic rings. The summed E-state index contributed by atoms with van der Waals surface area (Å²) >= 11 is 0. The Hall–Kier alpha value is -1.09. The lowest BCUT2D eigenvalue weighted by Gasteiger charge is -1.96. The first-order valence-electron chi connectivity index (χ1n) is 4.03. The molecule has 1 aromatic heterocycles. The van der Waals surface area contributed by atoms with E-state index in [0.717, 1.165) is 12.0 Å². The summed E-state index contributed by atoms with van der Waals surface area (Å²) in [6, 6.07) is 1.79. The fourth-order valence-corrected chi connectivity index (χ4v) is 1.03. The van der Waals surface area contributed by atoms with Crippen LogP contribution in [0, 0.1) is 6.92 Å². The number of aryl methyl sites for hydroxylation is 1. The molecule has 0 unspecified atom stereocenters. The standard InChI is InChI=1S/C9H13NO2/c1-7-4-6-12-9(7)8(11)3-2-5-10/h4,6H,2-3,5,10H2,1H3. The fraction of sp³-hybridized carbons (Fsp3) is 0.444. The van der Waals surface area contributed by atoms with Crippen LogP contribution in [0.4, 0.5) is 0 Å². The first kappa shape index (κ1) is 9.00. The van der Waals surface area contributed by atoms with Crippen molar-refractivity contribution < 1.29 is 9.21 Å². The molecule has 0 fully saturated rings. The molecule has 1 rings (SSSR count). The van der Waals surface area contributed by atoms with Gasteiger partial charge < -0.3 is 10.2 Å². The lowest BCUT2D eigenvalue weighted by Crippen LogP contribution is -2.04. The first-order chi connectivity index (χ1) is 5.75. The van der Waals surface area contributed by atoms with Gasteiger partial charge >= 0.3 is 0 Å². The van der Waals surface area contributed by atoms with E-state index in [-0.39, 0.29) is 5.78 Å². The van der Waals surface area contributed by atoms with Crippen LogP contribution in [0.5, 0.6) is 0 Å². The molecule has 0 bridgehead atoms. The van der Waals surface area contributed by atoms with Crippen molar-refractivity contribution in [3.8, 4) is 0 Å². The maximum atomic E-state index is 11.3. The third-order valence-electron chi connectivity index (χ3n) is 1.72. The lowest BCUT2D eigenvalue weighted by atomic mass is 10.1. The molecular formula is C9H13NO2. The fourth-order valence-electron chi connectivity index (χ4n) is 1.03. The van der Waals surface area contributed by atoms with E-state index < -0.39 is 0 Å². The van der Waals surface area contributed by atoms with Gasteiger partial charge in [-0.2, -0.15) is 0 Å². The minimum atomic E-state index is 0.0444. The van der Waals surface area contributed by atoms with Gasteiger partial charge in [-0.05, 0) is 31.5 Å². The number of carbonyl (C=O) groups excluding carboxylic acids is 1. The Bertz CT molecular complexity index is 265. The van der Waals surface area contributed by atoms with E-state index in [0.29, 0.717) is 18.7 Å². The third-order valence-corrected chi connectivity index (χ3v) is 1.72. The number of ketones is 1. The van der Waals surface area contributed by atoms with Gasteiger partial charge in [-0.25, -0.2) is 0 Å². The number of hydrogen-bond acceptors (Lipinski definition) is 3. The van der Waals surface area contributed by atoms with E-state index in [1.165, 1.54) is 6.26 Å². The molecule has 0 radical (unpaired) electrons. The average Bonchev–Trinajstić information content (AvgIpc) is 2.47. The number of Topliss-reactive ketones (excluding diaryl/α,β-unsaturated/α-hetero) is 1. The molecule has 3 heteroatoms. The summed E-state index contributed by atoms with van der Waals surface area (Å²) in [6.45, 7) is 2.41. The molecule has 66 valence electrons. The van der Waals surface area contributed by atoms with Crippen molar-refractivity contribution in [2.75, 3.05) is 6.54 Å². The number of rotatable bonds is 4. The molecule has 0 aromatic carbocycles. The molecule has 0 saturated heterocycles. The molecule has 1 aromatic rings. The highest BCUT2D eigenvalue weighted by molar-refractivity contribution is 5.94. The normalized spacial score (nSPS) is 10.2. The zero-order valence-corrected chi connectivity index (χ0v) is 7.17. The van der Waals surface area contributed by atoms with Gasteiger partial charge in [0.05, 0.1) is 6.26 Å². The predicted molar refractivity (Wildman–Crippen MR) is 46.1 cm³/mol. The highest BCUT2D eigenvalue weighted by atomic mass is 16.3. The molecule has 0 aliphatic carbocycles. The van der Waals surface area contributed by atoms with Crippen LogP contribution in [-0.4, -0.2) is 12.3 Å². The van der Waals surface area contributed by atoms with Gasteiger partial charge in [0.2, 0.25) is 0 Å². The molecule has 0 spiro atoms. The van der Waals surface area contributed by atoms with Gasteiger partial charge in [0.15, 0.2) is 11.5 Å². The van der Waals surface area contributed by atoms with Crippen molar-refractivity contribution in [3.05, 3.63) is 23.7 Å². The molecule has 0 saturated carbocycles. The Morgan fingerprint density at radius 2 is 2.42 bits per heavy atom. The van der Waals surface area contributed by atoms with Gasteiger partial charge in [-0.3, -0.25) is 4.79 Å². The molecule has 2 N–H and O–H groups in total. The van der Waals surface area contributed by atoms with E-state index in [2.05, 4.69) is 0 Å². The van der Waals surface area contributed by atoms with E-state index in [1.54, 1.807) is 6.07 Å². The maximum absolute atomic E-state index is 11.3. The van der Waals surface area contributed by atoms with Gasteiger partial charge in [0.25, 0.3) is 0 Å². The minimum absolute atomic E-state index is 0.0444. The van der Waals surface area contributed by atoms with Crippen LogP contribution >= 0.6 is 0 Å². The van der Waals surface area contributed by atoms with Crippen LogP contribution < -0.4 is 5.73 Å². The van der Waals surface area contributed by atoms with Gasteiger partial charge in [0, 0.05) is 6.42 Å².